The Bertz CT molecular complexity index is 1060. The monoisotopic (exact) mass is 444 g/mol. The zero-order valence-electron chi connectivity index (χ0n) is 14.4. The topological polar surface area (TPSA) is 75.3 Å². The maximum atomic E-state index is 12.6. The highest BCUT2D eigenvalue weighted by molar-refractivity contribution is 9.10. The number of aryl methyl sites for hydroxylation is 1. The molecule has 3 aromatic rings. The van der Waals surface area contributed by atoms with E-state index >= 15 is 0 Å². The van der Waals surface area contributed by atoms with Crippen molar-refractivity contribution in [3.63, 3.8) is 0 Å². The first-order chi connectivity index (χ1) is 12.8. The molecule has 0 aliphatic carbocycles. The molecule has 0 fully saturated rings. The Morgan fingerprint density at radius 2 is 1.52 bits per heavy atom. The molecule has 7 heteroatoms. The SMILES string of the molecule is Cc1ccc(NS(=O)(=O)c2cccc(C(=O)Nc3ccc(Br)cc3)c2)cc1. The summed E-state index contributed by atoms with van der Waals surface area (Å²) < 4.78 is 28.6. The smallest absolute Gasteiger partial charge is 0.261 e. The van der Waals surface area contributed by atoms with Crippen molar-refractivity contribution in [2.75, 3.05) is 10.0 Å². The van der Waals surface area contributed by atoms with Gasteiger partial charge < -0.3 is 5.32 Å². The molecule has 27 heavy (non-hydrogen) atoms. The summed E-state index contributed by atoms with van der Waals surface area (Å²) in [7, 11) is -3.80. The second-order valence-corrected chi connectivity index (χ2v) is 8.56. The van der Waals surface area contributed by atoms with E-state index in [1.807, 2.05) is 31.2 Å². The molecule has 0 aliphatic rings. The second kappa shape index (κ2) is 7.94. The molecule has 0 bridgehead atoms. The summed E-state index contributed by atoms with van der Waals surface area (Å²) in [6, 6.07) is 20.1. The Balaban J connectivity index is 1.80. The van der Waals surface area contributed by atoms with E-state index in [1.54, 1.807) is 36.4 Å². The normalized spacial score (nSPS) is 11.0. The molecule has 0 unspecified atom stereocenters. The van der Waals surface area contributed by atoms with Crippen LogP contribution in [0.25, 0.3) is 0 Å². The van der Waals surface area contributed by atoms with Crippen LogP contribution < -0.4 is 10.0 Å². The number of benzene rings is 3. The molecule has 0 saturated carbocycles. The fraction of sp³-hybridized carbons (Fsp3) is 0.0500. The number of carbonyl (C=O) groups is 1. The van der Waals surface area contributed by atoms with E-state index in [-0.39, 0.29) is 16.4 Å². The minimum atomic E-state index is -3.80. The lowest BCUT2D eigenvalue weighted by Crippen LogP contribution is -2.16. The van der Waals surface area contributed by atoms with Crippen molar-refractivity contribution in [2.24, 2.45) is 0 Å². The number of hydrogen-bond donors (Lipinski definition) is 2. The van der Waals surface area contributed by atoms with Crippen LogP contribution in [0.2, 0.25) is 0 Å². The van der Waals surface area contributed by atoms with Gasteiger partial charge in [0.25, 0.3) is 15.9 Å². The number of hydrogen-bond acceptors (Lipinski definition) is 3. The molecule has 5 nitrogen and oxygen atoms in total. The molecule has 0 aromatic heterocycles. The molecule has 3 aromatic carbocycles. The third-order valence-electron chi connectivity index (χ3n) is 3.81. The van der Waals surface area contributed by atoms with Gasteiger partial charge in [-0.25, -0.2) is 8.42 Å². The summed E-state index contributed by atoms with van der Waals surface area (Å²) in [5.74, 6) is -0.385. The Morgan fingerprint density at radius 1 is 0.889 bits per heavy atom. The van der Waals surface area contributed by atoms with E-state index in [0.29, 0.717) is 11.4 Å². The van der Waals surface area contributed by atoms with E-state index in [1.165, 1.54) is 12.1 Å². The Hall–Kier alpha value is -2.64. The number of carbonyl (C=O) groups excluding carboxylic acids is 1. The fourth-order valence-corrected chi connectivity index (χ4v) is 3.75. The van der Waals surface area contributed by atoms with Gasteiger partial charge in [-0.05, 0) is 61.5 Å². The maximum absolute atomic E-state index is 12.6. The van der Waals surface area contributed by atoms with Gasteiger partial charge in [0.2, 0.25) is 0 Å². The van der Waals surface area contributed by atoms with Gasteiger partial charge in [-0.15, -0.1) is 0 Å². The first-order valence-corrected chi connectivity index (χ1v) is 10.4. The minimum absolute atomic E-state index is 0.0199. The van der Waals surface area contributed by atoms with Crippen LogP contribution in [0.1, 0.15) is 15.9 Å². The molecule has 3 rings (SSSR count). The highest BCUT2D eigenvalue weighted by atomic mass is 79.9. The third kappa shape index (κ3) is 4.96. The van der Waals surface area contributed by atoms with Gasteiger partial charge in [0.05, 0.1) is 4.90 Å². The average molecular weight is 445 g/mol. The molecule has 1 amide bonds. The largest absolute Gasteiger partial charge is 0.322 e. The molecule has 0 saturated heterocycles. The molecule has 0 heterocycles. The number of anilines is 2. The van der Waals surface area contributed by atoms with Crippen molar-refractivity contribution in [2.45, 2.75) is 11.8 Å². The lowest BCUT2D eigenvalue weighted by molar-refractivity contribution is 0.102. The molecule has 138 valence electrons. The van der Waals surface area contributed by atoms with Crippen LogP contribution in [-0.4, -0.2) is 14.3 Å². The Labute approximate surface area is 166 Å². The van der Waals surface area contributed by atoms with E-state index in [4.69, 9.17) is 0 Å². The Kier molecular flexibility index (Phi) is 5.62. The van der Waals surface area contributed by atoms with Crippen molar-refractivity contribution in [3.8, 4) is 0 Å². The highest BCUT2D eigenvalue weighted by Gasteiger charge is 2.16. The zero-order valence-corrected chi connectivity index (χ0v) is 16.8. The number of nitrogens with one attached hydrogen (secondary N) is 2. The predicted octanol–water partition coefficient (Wildman–Crippen LogP) is 4.81. The summed E-state index contributed by atoms with van der Waals surface area (Å²) in [5, 5.41) is 2.75. The Morgan fingerprint density at radius 3 is 2.19 bits per heavy atom. The minimum Gasteiger partial charge on any atom is -0.322 e. The number of rotatable bonds is 5. The van der Waals surface area contributed by atoms with Crippen LogP contribution in [0.3, 0.4) is 0 Å². The zero-order chi connectivity index (χ0) is 19.4. The summed E-state index contributed by atoms with van der Waals surface area (Å²) in [5.41, 5.74) is 2.37. The summed E-state index contributed by atoms with van der Waals surface area (Å²) in [6.07, 6.45) is 0. The number of amides is 1. The van der Waals surface area contributed by atoms with E-state index < -0.39 is 10.0 Å². The van der Waals surface area contributed by atoms with Crippen molar-refractivity contribution in [1.82, 2.24) is 0 Å². The quantitative estimate of drug-likeness (QED) is 0.592. The predicted molar refractivity (Wildman–Crippen MR) is 111 cm³/mol. The van der Waals surface area contributed by atoms with Gasteiger partial charge in [0.15, 0.2) is 0 Å². The van der Waals surface area contributed by atoms with Crippen molar-refractivity contribution in [1.29, 1.82) is 0 Å². The van der Waals surface area contributed by atoms with Crippen LogP contribution >= 0.6 is 15.9 Å². The van der Waals surface area contributed by atoms with Crippen molar-refractivity contribution >= 4 is 43.2 Å². The van der Waals surface area contributed by atoms with E-state index in [9.17, 15) is 13.2 Å². The molecule has 2 N–H and O–H groups in total. The summed E-state index contributed by atoms with van der Waals surface area (Å²) in [6.45, 7) is 1.92. The van der Waals surface area contributed by atoms with Crippen molar-refractivity contribution < 1.29 is 13.2 Å². The molecular formula is C20H17BrN2O3S. The lowest BCUT2D eigenvalue weighted by Gasteiger charge is -2.10. The first kappa shape index (κ1) is 19.1. The van der Waals surface area contributed by atoms with Gasteiger partial charge in [-0.3, -0.25) is 9.52 Å². The fourth-order valence-electron chi connectivity index (χ4n) is 2.38. The average Bonchev–Trinajstić information content (AvgIpc) is 2.65. The van der Waals surface area contributed by atoms with Crippen molar-refractivity contribution in [3.05, 3.63) is 88.4 Å². The molecule has 0 aliphatic heterocycles. The third-order valence-corrected chi connectivity index (χ3v) is 5.72. The van der Waals surface area contributed by atoms with E-state index in [0.717, 1.165) is 10.0 Å². The van der Waals surface area contributed by atoms with Gasteiger partial charge in [-0.2, -0.15) is 0 Å². The van der Waals surface area contributed by atoms with Crippen LogP contribution in [-0.2, 0) is 10.0 Å². The van der Waals surface area contributed by atoms with Crippen LogP contribution in [0.4, 0.5) is 11.4 Å². The van der Waals surface area contributed by atoms with Gasteiger partial charge in [-0.1, -0.05) is 39.7 Å². The standard InChI is InChI=1S/C20H17BrN2O3S/c1-14-5-9-18(10-6-14)23-27(25,26)19-4-2-3-15(13-19)20(24)22-17-11-7-16(21)8-12-17/h2-13,23H,1H3,(H,22,24). The summed E-state index contributed by atoms with van der Waals surface area (Å²) >= 11 is 3.33. The van der Waals surface area contributed by atoms with E-state index in [2.05, 4.69) is 26.0 Å². The second-order valence-electron chi connectivity index (χ2n) is 5.96. The van der Waals surface area contributed by atoms with Gasteiger partial charge >= 0.3 is 0 Å². The van der Waals surface area contributed by atoms with Gasteiger partial charge in [0.1, 0.15) is 0 Å². The molecule has 0 spiro atoms. The summed E-state index contributed by atoms with van der Waals surface area (Å²) in [4.78, 5) is 12.5. The molecular weight excluding hydrogens is 428 g/mol. The maximum Gasteiger partial charge on any atom is 0.261 e. The number of sulfonamides is 1. The lowest BCUT2D eigenvalue weighted by atomic mass is 10.2. The molecule has 0 radical (unpaired) electrons. The van der Waals surface area contributed by atoms with Gasteiger partial charge in [0, 0.05) is 21.4 Å². The number of halogens is 1. The molecule has 0 atom stereocenters. The highest BCUT2D eigenvalue weighted by Crippen LogP contribution is 2.19. The first-order valence-electron chi connectivity index (χ1n) is 8.10. The van der Waals surface area contributed by atoms with Crippen LogP contribution in [0.5, 0.6) is 0 Å². The van der Waals surface area contributed by atoms with Crippen LogP contribution in [0.15, 0.2) is 82.2 Å². The van der Waals surface area contributed by atoms with Crippen LogP contribution in [0, 0.1) is 6.92 Å².